The number of allylic oxidation sites excluding steroid dienone is 2. The SMILES string of the molecule is CCC(C(=O)OC)c1ccc(C2=CCC2)cc1. The summed E-state index contributed by atoms with van der Waals surface area (Å²) in [4.78, 5) is 11.6. The van der Waals surface area contributed by atoms with Crippen molar-refractivity contribution in [3.8, 4) is 0 Å². The first-order valence-corrected chi connectivity index (χ1v) is 6.13. The van der Waals surface area contributed by atoms with E-state index in [0.29, 0.717) is 0 Å². The molecule has 17 heavy (non-hydrogen) atoms. The van der Waals surface area contributed by atoms with Gasteiger partial charge < -0.3 is 4.74 Å². The van der Waals surface area contributed by atoms with E-state index in [-0.39, 0.29) is 11.9 Å². The van der Waals surface area contributed by atoms with Gasteiger partial charge in [0.1, 0.15) is 0 Å². The number of methoxy groups -OCH3 is 1. The highest BCUT2D eigenvalue weighted by molar-refractivity contribution is 5.78. The van der Waals surface area contributed by atoms with Crippen LogP contribution >= 0.6 is 0 Å². The summed E-state index contributed by atoms with van der Waals surface area (Å²) in [5.74, 6) is -0.285. The van der Waals surface area contributed by atoms with E-state index in [0.717, 1.165) is 12.0 Å². The molecule has 2 rings (SSSR count). The van der Waals surface area contributed by atoms with Gasteiger partial charge in [0.2, 0.25) is 0 Å². The molecule has 0 spiro atoms. The molecule has 0 saturated heterocycles. The highest BCUT2D eigenvalue weighted by Crippen LogP contribution is 2.30. The lowest BCUT2D eigenvalue weighted by molar-refractivity contribution is -0.142. The summed E-state index contributed by atoms with van der Waals surface area (Å²) in [6.07, 6.45) is 5.39. The number of benzene rings is 1. The van der Waals surface area contributed by atoms with Crippen molar-refractivity contribution in [1.82, 2.24) is 0 Å². The molecule has 2 heteroatoms. The maximum absolute atomic E-state index is 11.6. The summed E-state index contributed by atoms with van der Waals surface area (Å²) >= 11 is 0. The predicted molar refractivity (Wildman–Crippen MR) is 68.7 cm³/mol. The third-order valence-electron chi connectivity index (χ3n) is 3.38. The molecule has 0 fully saturated rings. The highest BCUT2D eigenvalue weighted by Gasteiger charge is 2.19. The Balaban J connectivity index is 2.18. The zero-order valence-corrected chi connectivity index (χ0v) is 10.4. The zero-order valence-electron chi connectivity index (χ0n) is 10.4. The fourth-order valence-corrected chi connectivity index (χ4v) is 2.16. The Bertz CT molecular complexity index is 429. The van der Waals surface area contributed by atoms with Crippen LogP contribution in [0.3, 0.4) is 0 Å². The van der Waals surface area contributed by atoms with Crippen LogP contribution in [0, 0.1) is 0 Å². The summed E-state index contributed by atoms with van der Waals surface area (Å²) in [6, 6.07) is 8.29. The van der Waals surface area contributed by atoms with Crippen LogP contribution in [0.4, 0.5) is 0 Å². The zero-order chi connectivity index (χ0) is 12.3. The Labute approximate surface area is 102 Å². The predicted octanol–water partition coefficient (Wildman–Crippen LogP) is 3.53. The van der Waals surface area contributed by atoms with Crippen LogP contribution in [0.25, 0.3) is 5.57 Å². The van der Waals surface area contributed by atoms with E-state index >= 15 is 0 Å². The number of rotatable bonds is 4. The lowest BCUT2D eigenvalue weighted by Gasteiger charge is -2.17. The molecule has 2 nitrogen and oxygen atoms in total. The van der Waals surface area contributed by atoms with Gasteiger partial charge in [-0.2, -0.15) is 0 Å². The van der Waals surface area contributed by atoms with Crippen LogP contribution in [0.2, 0.25) is 0 Å². The van der Waals surface area contributed by atoms with Crippen molar-refractivity contribution in [3.05, 3.63) is 41.5 Å². The molecule has 0 bridgehead atoms. The van der Waals surface area contributed by atoms with E-state index in [1.807, 2.05) is 19.1 Å². The minimum atomic E-state index is -0.150. The molecule has 0 N–H and O–H groups in total. The van der Waals surface area contributed by atoms with Gasteiger partial charge in [0.15, 0.2) is 0 Å². The Hall–Kier alpha value is -1.57. The number of carbonyl (C=O) groups is 1. The van der Waals surface area contributed by atoms with E-state index in [1.54, 1.807) is 0 Å². The molecule has 0 radical (unpaired) electrons. The summed E-state index contributed by atoms with van der Waals surface area (Å²) < 4.78 is 4.82. The Morgan fingerprint density at radius 3 is 2.41 bits per heavy atom. The maximum Gasteiger partial charge on any atom is 0.313 e. The molecule has 1 aromatic rings. The molecule has 0 aromatic heterocycles. The van der Waals surface area contributed by atoms with Crippen LogP contribution in [-0.4, -0.2) is 13.1 Å². The molecule has 1 aromatic carbocycles. The Kier molecular flexibility index (Phi) is 3.62. The summed E-state index contributed by atoms with van der Waals surface area (Å²) in [6.45, 7) is 2.00. The highest BCUT2D eigenvalue weighted by atomic mass is 16.5. The molecule has 0 saturated carbocycles. The summed E-state index contributed by atoms with van der Waals surface area (Å²) in [5.41, 5.74) is 3.74. The third-order valence-corrected chi connectivity index (χ3v) is 3.38. The molecule has 1 aliphatic carbocycles. The van der Waals surface area contributed by atoms with E-state index in [1.165, 1.54) is 31.1 Å². The first-order valence-electron chi connectivity index (χ1n) is 6.13. The fraction of sp³-hybridized carbons (Fsp3) is 0.400. The van der Waals surface area contributed by atoms with Crippen molar-refractivity contribution in [2.45, 2.75) is 32.1 Å². The van der Waals surface area contributed by atoms with Crippen molar-refractivity contribution >= 4 is 11.5 Å². The number of carbonyl (C=O) groups excluding carboxylic acids is 1. The van der Waals surface area contributed by atoms with Gasteiger partial charge in [0.25, 0.3) is 0 Å². The monoisotopic (exact) mass is 230 g/mol. The molecule has 1 unspecified atom stereocenters. The van der Waals surface area contributed by atoms with Crippen LogP contribution in [-0.2, 0) is 9.53 Å². The van der Waals surface area contributed by atoms with Gasteiger partial charge in [0.05, 0.1) is 13.0 Å². The third kappa shape index (κ3) is 2.41. The van der Waals surface area contributed by atoms with Crippen molar-refractivity contribution in [2.24, 2.45) is 0 Å². The van der Waals surface area contributed by atoms with Crippen LogP contribution < -0.4 is 0 Å². The minimum absolute atomic E-state index is 0.135. The van der Waals surface area contributed by atoms with Gasteiger partial charge in [-0.3, -0.25) is 4.79 Å². The lowest BCUT2D eigenvalue weighted by Crippen LogP contribution is -2.13. The van der Waals surface area contributed by atoms with Gasteiger partial charge in [0, 0.05) is 0 Å². The second-order valence-electron chi connectivity index (χ2n) is 4.37. The number of ether oxygens (including phenoxy) is 1. The second kappa shape index (κ2) is 5.17. The topological polar surface area (TPSA) is 26.3 Å². The standard InChI is InChI=1S/C15H18O2/c1-3-14(15(16)17-2)13-9-7-12(8-10-13)11-5-4-6-11/h5,7-10,14H,3-4,6H2,1-2H3. The molecular formula is C15H18O2. The quantitative estimate of drug-likeness (QED) is 0.740. The maximum atomic E-state index is 11.6. The Morgan fingerprint density at radius 2 is 2.00 bits per heavy atom. The van der Waals surface area contributed by atoms with E-state index in [4.69, 9.17) is 4.74 Å². The van der Waals surface area contributed by atoms with Gasteiger partial charge in [-0.15, -0.1) is 0 Å². The normalized spacial score (nSPS) is 15.8. The van der Waals surface area contributed by atoms with Crippen molar-refractivity contribution in [3.63, 3.8) is 0 Å². The van der Waals surface area contributed by atoms with Gasteiger partial charge >= 0.3 is 5.97 Å². The van der Waals surface area contributed by atoms with Gasteiger partial charge in [-0.05, 0) is 36.0 Å². The minimum Gasteiger partial charge on any atom is -0.469 e. The molecule has 1 atom stereocenters. The number of esters is 1. The van der Waals surface area contributed by atoms with Crippen LogP contribution in [0.5, 0.6) is 0 Å². The molecular weight excluding hydrogens is 212 g/mol. The summed E-state index contributed by atoms with van der Waals surface area (Å²) in [7, 11) is 1.44. The van der Waals surface area contributed by atoms with Crippen LogP contribution in [0.15, 0.2) is 30.3 Å². The first-order chi connectivity index (χ1) is 8.26. The molecule has 90 valence electrons. The van der Waals surface area contributed by atoms with E-state index in [9.17, 15) is 4.79 Å². The van der Waals surface area contributed by atoms with Gasteiger partial charge in [-0.1, -0.05) is 37.3 Å². The van der Waals surface area contributed by atoms with Crippen molar-refractivity contribution in [2.75, 3.05) is 7.11 Å². The molecule has 0 aliphatic heterocycles. The average molecular weight is 230 g/mol. The van der Waals surface area contributed by atoms with Gasteiger partial charge in [-0.25, -0.2) is 0 Å². The second-order valence-corrected chi connectivity index (χ2v) is 4.37. The molecule has 1 aliphatic rings. The van der Waals surface area contributed by atoms with E-state index < -0.39 is 0 Å². The number of hydrogen-bond donors (Lipinski definition) is 0. The van der Waals surface area contributed by atoms with Crippen molar-refractivity contribution in [1.29, 1.82) is 0 Å². The van der Waals surface area contributed by atoms with Crippen molar-refractivity contribution < 1.29 is 9.53 Å². The molecule has 0 heterocycles. The Morgan fingerprint density at radius 1 is 1.35 bits per heavy atom. The average Bonchev–Trinajstić information content (AvgIpc) is 2.29. The summed E-state index contributed by atoms with van der Waals surface area (Å²) in [5, 5.41) is 0. The number of hydrogen-bond acceptors (Lipinski definition) is 2. The smallest absolute Gasteiger partial charge is 0.313 e. The molecule has 0 amide bonds. The fourth-order valence-electron chi connectivity index (χ4n) is 2.16. The lowest BCUT2D eigenvalue weighted by atomic mass is 9.89. The van der Waals surface area contributed by atoms with Crippen LogP contribution in [0.1, 0.15) is 43.2 Å². The van der Waals surface area contributed by atoms with E-state index in [2.05, 4.69) is 18.2 Å². The first kappa shape index (κ1) is 11.9. The largest absolute Gasteiger partial charge is 0.469 e.